The van der Waals surface area contributed by atoms with Gasteiger partial charge < -0.3 is 15.1 Å². The molecule has 3 heterocycles. The Kier molecular flexibility index (Phi) is 8.42. The van der Waals surface area contributed by atoms with Crippen LogP contribution in [0.2, 0.25) is 5.02 Å². The maximum absolute atomic E-state index is 13.4. The highest BCUT2D eigenvalue weighted by Crippen LogP contribution is 2.24. The summed E-state index contributed by atoms with van der Waals surface area (Å²) in [7, 11) is -1.96. The SMILES string of the molecule is C[C@@H](C(=O)N1CCCC(NCc2cc[n+](C)cc2)C1)N1CC[C@H](NS(=O)(=O)c2ccc3cc(Cl)ccc3c2)C1=O. The summed E-state index contributed by atoms with van der Waals surface area (Å²) in [5, 5.41) is 5.68. The van der Waals surface area contributed by atoms with E-state index in [1.807, 2.05) is 28.9 Å². The fraction of sp³-hybridized carbons (Fsp3) is 0.414. The molecule has 9 nitrogen and oxygen atoms in total. The number of aromatic nitrogens is 1. The molecule has 11 heteroatoms. The van der Waals surface area contributed by atoms with Crippen molar-refractivity contribution in [3.05, 3.63) is 71.5 Å². The lowest BCUT2D eigenvalue weighted by molar-refractivity contribution is -0.671. The summed E-state index contributed by atoms with van der Waals surface area (Å²) in [4.78, 5) is 30.0. The average molecular weight is 585 g/mol. The van der Waals surface area contributed by atoms with Crippen molar-refractivity contribution in [1.29, 1.82) is 0 Å². The van der Waals surface area contributed by atoms with Crippen molar-refractivity contribution < 1.29 is 22.6 Å². The van der Waals surface area contributed by atoms with E-state index in [9.17, 15) is 18.0 Å². The molecule has 2 N–H and O–H groups in total. The standard InChI is InChI=1S/C29H35ClN5O4S/c1-20(28(36)34-12-3-4-25(19-34)31-18-21-9-13-33(2)14-10-21)35-15-11-27(29(35)37)32-40(38,39)26-8-6-22-16-24(30)7-5-23(22)17-26/h5-10,13-14,16-17,20,25,27,31-32H,3-4,11-12,15,18-19H2,1-2H3/q+1/t20-,25?,27-/m0/s1. The summed E-state index contributed by atoms with van der Waals surface area (Å²) < 4.78 is 30.8. The number of benzene rings is 2. The molecular formula is C29H35ClN5O4S+. The molecule has 0 saturated carbocycles. The van der Waals surface area contributed by atoms with Crippen LogP contribution < -0.4 is 14.6 Å². The first-order chi connectivity index (χ1) is 19.1. The normalized spacial score (nSPS) is 20.7. The van der Waals surface area contributed by atoms with E-state index in [-0.39, 0.29) is 22.8 Å². The third kappa shape index (κ3) is 6.30. The van der Waals surface area contributed by atoms with Crippen molar-refractivity contribution in [2.75, 3.05) is 19.6 Å². The van der Waals surface area contributed by atoms with Crippen molar-refractivity contribution in [3.8, 4) is 0 Å². The van der Waals surface area contributed by atoms with E-state index in [4.69, 9.17) is 11.6 Å². The Morgan fingerprint density at radius 3 is 2.58 bits per heavy atom. The fourth-order valence-corrected chi connectivity index (χ4v) is 6.91. The quantitative estimate of drug-likeness (QED) is 0.396. The van der Waals surface area contributed by atoms with E-state index in [1.54, 1.807) is 37.3 Å². The number of amides is 2. The molecule has 1 unspecified atom stereocenters. The molecule has 3 atom stereocenters. The van der Waals surface area contributed by atoms with Gasteiger partial charge in [0.15, 0.2) is 12.4 Å². The minimum atomic E-state index is -3.94. The van der Waals surface area contributed by atoms with Gasteiger partial charge in [0.05, 0.1) is 4.90 Å². The Morgan fingerprint density at radius 2 is 1.80 bits per heavy atom. The molecule has 2 aliphatic heterocycles. The molecule has 0 aliphatic carbocycles. The first-order valence-electron chi connectivity index (χ1n) is 13.6. The Balaban J connectivity index is 1.18. The van der Waals surface area contributed by atoms with Crippen molar-refractivity contribution >= 4 is 44.2 Å². The van der Waals surface area contributed by atoms with Crippen LogP contribution in [0.5, 0.6) is 0 Å². The number of pyridine rings is 1. The van der Waals surface area contributed by atoms with E-state index >= 15 is 0 Å². The number of carbonyl (C=O) groups excluding carboxylic acids is 2. The first-order valence-corrected chi connectivity index (χ1v) is 15.5. The van der Waals surface area contributed by atoms with E-state index in [0.717, 1.165) is 30.2 Å². The number of fused-ring (bicyclic) bond motifs is 1. The monoisotopic (exact) mass is 584 g/mol. The van der Waals surface area contributed by atoms with Gasteiger partial charge in [-0.1, -0.05) is 23.7 Å². The number of hydrogen-bond donors (Lipinski definition) is 2. The van der Waals surface area contributed by atoms with Gasteiger partial charge in [0, 0.05) is 49.4 Å². The van der Waals surface area contributed by atoms with Gasteiger partial charge in [0.1, 0.15) is 19.1 Å². The maximum atomic E-state index is 13.4. The minimum absolute atomic E-state index is 0.0777. The summed E-state index contributed by atoms with van der Waals surface area (Å²) in [5.41, 5.74) is 1.18. The number of sulfonamides is 1. The molecule has 5 rings (SSSR count). The van der Waals surface area contributed by atoms with Crippen LogP contribution in [0.4, 0.5) is 0 Å². The van der Waals surface area contributed by atoms with Gasteiger partial charge >= 0.3 is 0 Å². The molecule has 212 valence electrons. The van der Waals surface area contributed by atoms with Crippen LogP contribution in [-0.4, -0.2) is 67.8 Å². The van der Waals surface area contributed by atoms with Crippen LogP contribution in [-0.2, 0) is 33.2 Å². The van der Waals surface area contributed by atoms with Gasteiger partial charge in [-0.15, -0.1) is 0 Å². The number of rotatable bonds is 8. The number of likely N-dealkylation sites (tertiary alicyclic amines) is 2. The number of halogens is 1. The Bertz CT molecular complexity index is 1510. The molecular weight excluding hydrogens is 550 g/mol. The first kappa shape index (κ1) is 28.5. The molecule has 3 aromatic rings. The summed E-state index contributed by atoms with van der Waals surface area (Å²) in [5.74, 6) is -0.482. The lowest BCUT2D eigenvalue weighted by Crippen LogP contribution is -2.54. The van der Waals surface area contributed by atoms with E-state index in [2.05, 4.69) is 22.2 Å². The number of hydrogen-bond acceptors (Lipinski definition) is 5. The van der Waals surface area contributed by atoms with Gasteiger partial charge in [-0.05, 0) is 66.8 Å². The molecule has 1 aromatic heterocycles. The average Bonchev–Trinajstić information content (AvgIpc) is 3.30. The predicted octanol–water partition coefficient (Wildman–Crippen LogP) is 2.37. The van der Waals surface area contributed by atoms with Crippen LogP contribution in [0.3, 0.4) is 0 Å². The number of carbonyl (C=O) groups is 2. The molecule has 2 saturated heterocycles. The second-order valence-corrected chi connectivity index (χ2v) is 12.9. The fourth-order valence-electron chi connectivity index (χ4n) is 5.47. The zero-order chi connectivity index (χ0) is 28.4. The molecule has 0 spiro atoms. The van der Waals surface area contributed by atoms with Crippen molar-refractivity contribution in [2.24, 2.45) is 7.05 Å². The molecule has 0 bridgehead atoms. The van der Waals surface area contributed by atoms with Crippen molar-refractivity contribution in [2.45, 2.75) is 55.8 Å². The zero-order valence-corrected chi connectivity index (χ0v) is 24.3. The summed E-state index contributed by atoms with van der Waals surface area (Å²) in [6.45, 7) is 3.99. The second kappa shape index (κ2) is 11.8. The number of nitrogens with zero attached hydrogens (tertiary/aromatic N) is 3. The minimum Gasteiger partial charge on any atom is -0.339 e. The van der Waals surface area contributed by atoms with Gasteiger partial charge in [-0.3, -0.25) is 9.59 Å². The highest BCUT2D eigenvalue weighted by atomic mass is 35.5. The maximum Gasteiger partial charge on any atom is 0.245 e. The highest BCUT2D eigenvalue weighted by molar-refractivity contribution is 7.89. The predicted molar refractivity (Wildman–Crippen MR) is 153 cm³/mol. The zero-order valence-electron chi connectivity index (χ0n) is 22.7. The molecule has 2 aromatic carbocycles. The smallest absolute Gasteiger partial charge is 0.245 e. The number of piperidine rings is 1. The van der Waals surface area contributed by atoms with Crippen LogP contribution >= 0.6 is 11.6 Å². The van der Waals surface area contributed by atoms with Crippen LogP contribution in [0.25, 0.3) is 10.8 Å². The van der Waals surface area contributed by atoms with Gasteiger partial charge in [0.25, 0.3) is 0 Å². The lowest BCUT2D eigenvalue weighted by atomic mass is 10.0. The third-order valence-electron chi connectivity index (χ3n) is 7.82. The molecule has 2 fully saturated rings. The largest absolute Gasteiger partial charge is 0.339 e. The van der Waals surface area contributed by atoms with Gasteiger partial charge in [-0.25, -0.2) is 13.0 Å². The summed E-state index contributed by atoms with van der Waals surface area (Å²) >= 11 is 6.03. The molecule has 2 aliphatic rings. The Morgan fingerprint density at radius 1 is 1.07 bits per heavy atom. The lowest BCUT2D eigenvalue weighted by Gasteiger charge is -2.36. The topological polar surface area (TPSA) is 103 Å². The molecule has 2 amide bonds. The number of nitrogens with one attached hydrogen (secondary N) is 2. The van der Waals surface area contributed by atoms with Crippen molar-refractivity contribution in [1.82, 2.24) is 19.8 Å². The van der Waals surface area contributed by atoms with E-state index in [0.29, 0.717) is 31.1 Å². The third-order valence-corrected chi connectivity index (χ3v) is 9.53. The molecule has 0 radical (unpaired) electrons. The van der Waals surface area contributed by atoms with Crippen LogP contribution in [0.1, 0.15) is 31.7 Å². The highest BCUT2D eigenvalue weighted by Gasteiger charge is 2.40. The Hall–Kier alpha value is -3.05. The summed E-state index contributed by atoms with van der Waals surface area (Å²) in [6.07, 6.45) is 6.18. The molecule has 40 heavy (non-hydrogen) atoms. The summed E-state index contributed by atoms with van der Waals surface area (Å²) in [6, 6.07) is 12.7. The van der Waals surface area contributed by atoms with Gasteiger partial charge in [-0.2, -0.15) is 4.72 Å². The van der Waals surface area contributed by atoms with Crippen molar-refractivity contribution in [3.63, 3.8) is 0 Å². The van der Waals surface area contributed by atoms with Gasteiger partial charge in [0.2, 0.25) is 21.8 Å². The van der Waals surface area contributed by atoms with Crippen LogP contribution in [0.15, 0.2) is 65.8 Å². The number of aryl methyl sites for hydroxylation is 1. The second-order valence-electron chi connectivity index (χ2n) is 10.7. The Labute approximate surface area is 240 Å². The van der Waals surface area contributed by atoms with Crippen LogP contribution in [0, 0.1) is 0 Å². The van der Waals surface area contributed by atoms with E-state index < -0.39 is 22.1 Å². The van der Waals surface area contributed by atoms with E-state index in [1.165, 1.54) is 16.5 Å².